The molecule has 1 amide bonds. The summed E-state index contributed by atoms with van der Waals surface area (Å²) in [6.45, 7) is 9.96. The summed E-state index contributed by atoms with van der Waals surface area (Å²) in [4.78, 5) is 26.0. The Balaban J connectivity index is 1.82. The maximum absolute atomic E-state index is 13.0. The predicted octanol–water partition coefficient (Wildman–Crippen LogP) is 4.74. The predicted molar refractivity (Wildman–Crippen MR) is 130 cm³/mol. The maximum Gasteiger partial charge on any atom is 0.326 e. The van der Waals surface area contributed by atoms with Gasteiger partial charge in [-0.15, -0.1) is 0 Å². The van der Waals surface area contributed by atoms with E-state index in [2.05, 4.69) is 32.9 Å². The van der Waals surface area contributed by atoms with Gasteiger partial charge in [-0.05, 0) is 65.9 Å². The van der Waals surface area contributed by atoms with E-state index in [1.165, 1.54) is 22.1 Å². The number of amides is 1. The Bertz CT molecular complexity index is 1020. The van der Waals surface area contributed by atoms with Crippen LogP contribution in [0.1, 0.15) is 88.2 Å². The Labute approximate surface area is 201 Å². The number of rotatable bonds is 9. The second kappa shape index (κ2) is 10.2. The van der Waals surface area contributed by atoms with Crippen LogP contribution in [-0.4, -0.2) is 49.8 Å². The van der Waals surface area contributed by atoms with Gasteiger partial charge in [-0.3, -0.25) is 4.79 Å². The second-order valence-corrected chi connectivity index (χ2v) is 9.97. The minimum absolute atomic E-state index is 0.108. The highest BCUT2D eigenvalue weighted by Crippen LogP contribution is 2.46. The van der Waals surface area contributed by atoms with Crippen molar-refractivity contribution in [1.82, 2.24) is 4.90 Å². The number of nitrogens with zero attached hydrogens (tertiary/aromatic N) is 1. The Morgan fingerprint density at radius 1 is 1.26 bits per heavy atom. The fourth-order valence-electron chi connectivity index (χ4n) is 4.80. The summed E-state index contributed by atoms with van der Waals surface area (Å²) in [6.07, 6.45) is 7.34. The zero-order chi connectivity index (χ0) is 25.2. The smallest absolute Gasteiger partial charge is 0.326 e. The lowest BCUT2D eigenvalue weighted by Gasteiger charge is -2.41. The SMILES string of the molecule is CC[C@@H](C(=O)O)N1Cc2c(cc(O)c3c2O[C@@](C)(CC/C=C(\C)CCC=C(C)C)[C@@H](O)C3)C1=O. The molecule has 2 aliphatic rings. The number of carboxylic acid groups (broad SMARTS) is 1. The first-order chi connectivity index (χ1) is 16.0. The number of carboxylic acids is 1. The lowest BCUT2D eigenvalue weighted by Crippen LogP contribution is -2.49. The maximum atomic E-state index is 13.0. The number of aromatic hydroxyl groups is 1. The molecule has 3 rings (SSSR count). The molecule has 0 unspecified atom stereocenters. The molecule has 0 bridgehead atoms. The lowest BCUT2D eigenvalue weighted by molar-refractivity contribution is -0.142. The number of aliphatic carboxylic acids is 1. The molecule has 2 aliphatic heterocycles. The zero-order valence-electron chi connectivity index (χ0n) is 20.9. The number of aliphatic hydroxyl groups excluding tert-OH is 1. The Morgan fingerprint density at radius 2 is 1.97 bits per heavy atom. The number of benzene rings is 1. The van der Waals surface area contributed by atoms with Gasteiger partial charge in [-0.2, -0.15) is 0 Å². The van der Waals surface area contributed by atoms with Crippen molar-refractivity contribution in [2.24, 2.45) is 0 Å². The normalized spacial score (nSPS) is 22.6. The molecule has 3 N–H and O–H groups in total. The van der Waals surface area contributed by atoms with Gasteiger partial charge in [0.1, 0.15) is 23.1 Å². The summed E-state index contributed by atoms with van der Waals surface area (Å²) < 4.78 is 6.35. The largest absolute Gasteiger partial charge is 0.508 e. The average molecular weight is 472 g/mol. The van der Waals surface area contributed by atoms with Crippen LogP contribution in [0, 0.1) is 0 Å². The number of carbonyl (C=O) groups is 2. The topological polar surface area (TPSA) is 107 Å². The number of fused-ring (bicyclic) bond motifs is 3. The van der Waals surface area contributed by atoms with E-state index in [9.17, 15) is 24.9 Å². The zero-order valence-corrected chi connectivity index (χ0v) is 20.9. The summed E-state index contributed by atoms with van der Waals surface area (Å²) in [7, 11) is 0. The van der Waals surface area contributed by atoms with Gasteiger partial charge >= 0.3 is 5.97 Å². The van der Waals surface area contributed by atoms with Crippen LogP contribution in [-0.2, 0) is 17.8 Å². The third kappa shape index (κ3) is 5.14. The van der Waals surface area contributed by atoms with Gasteiger partial charge in [0, 0.05) is 17.5 Å². The Kier molecular flexibility index (Phi) is 7.76. The average Bonchev–Trinajstić information content (AvgIpc) is 3.06. The van der Waals surface area contributed by atoms with E-state index in [0.717, 1.165) is 19.3 Å². The van der Waals surface area contributed by atoms with Crippen molar-refractivity contribution in [3.8, 4) is 11.5 Å². The summed E-state index contributed by atoms with van der Waals surface area (Å²) in [5.41, 5.74) is 3.02. The van der Waals surface area contributed by atoms with Crippen LogP contribution < -0.4 is 4.74 Å². The van der Waals surface area contributed by atoms with E-state index < -0.39 is 29.6 Å². The van der Waals surface area contributed by atoms with E-state index >= 15 is 0 Å². The summed E-state index contributed by atoms with van der Waals surface area (Å²) in [5, 5.41) is 31.0. The molecule has 3 atom stereocenters. The molecule has 0 aromatic heterocycles. The Hall–Kier alpha value is -2.80. The standard InChI is InChI=1S/C27H37NO6/c1-6-21(26(32)33)28-15-20-18(25(28)31)13-22(29)19-14-23(30)27(5,34-24(19)20)12-8-11-17(4)10-7-9-16(2)3/h9,11,13,21,23,29-30H,6-8,10,12,14-15H2,1-5H3,(H,32,33)/b17-11+/t21-,23-,27-/m0/s1. The molecule has 0 saturated carbocycles. The first-order valence-corrected chi connectivity index (χ1v) is 12.1. The van der Waals surface area contributed by atoms with E-state index in [1.807, 2.05) is 6.92 Å². The van der Waals surface area contributed by atoms with Crippen molar-refractivity contribution >= 4 is 11.9 Å². The van der Waals surface area contributed by atoms with Gasteiger partial charge in [0.25, 0.3) is 5.91 Å². The number of phenolic OH excluding ortho intramolecular Hbond substituents is 1. The van der Waals surface area contributed by atoms with Gasteiger partial charge in [-0.25, -0.2) is 4.79 Å². The summed E-state index contributed by atoms with van der Waals surface area (Å²) >= 11 is 0. The van der Waals surface area contributed by atoms with Crippen molar-refractivity contribution in [3.05, 3.63) is 46.1 Å². The summed E-state index contributed by atoms with van der Waals surface area (Å²) in [6, 6.07) is 0.431. The molecule has 186 valence electrons. The van der Waals surface area contributed by atoms with E-state index in [-0.39, 0.29) is 30.7 Å². The molecule has 2 heterocycles. The number of phenols is 1. The number of aliphatic hydroxyl groups is 1. The van der Waals surface area contributed by atoms with E-state index in [4.69, 9.17) is 4.74 Å². The number of allylic oxidation sites excluding steroid dienone is 4. The molecule has 0 aliphatic carbocycles. The highest BCUT2D eigenvalue weighted by atomic mass is 16.5. The first-order valence-electron chi connectivity index (χ1n) is 12.1. The molecule has 0 spiro atoms. The molecular weight excluding hydrogens is 434 g/mol. The fraction of sp³-hybridized carbons (Fsp3) is 0.556. The minimum Gasteiger partial charge on any atom is -0.508 e. The van der Waals surface area contributed by atoms with Crippen LogP contribution in [0.4, 0.5) is 0 Å². The third-order valence-corrected chi connectivity index (χ3v) is 6.99. The number of hydrogen-bond donors (Lipinski definition) is 3. The third-order valence-electron chi connectivity index (χ3n) is 6.99. The highest BCUT2D eigenvalue weighted by Gasteiger charge is 2.45. The van der Waals surface area contributed by atoms with Gasteiger partial charge in [-0.1, -0.05) is 30.2 Å². The quantitative estimate of drug-likeness (QED) is 0.449. The molecule has 7 nitrogen and oxygen atoms in total. The van der Waals surface area contributed by atoms with Crippen LogP contribution in [0.3, 0.4) is 0 Å². The highest BCUT2D eigenvalue weighted by molar-refractivity contribution is 6.02. The Morgan fingerprint density at radius 3 is 2.59 bits per heavy atom. The monoisotopic (exact) mass is 471 g/mol. The van der Waals surface area contributed by atoms with Crippen molar-refractivity contribution in [2.75, 3.05) is 0 Å². The van der Waals surface area contributed by atoms with Crippen molar-refractivity contribution in [2.45, 2.75) is 97.4 Å². The van der Waals surface area contributed by atoms with Crippen molar-refractivity contribution in [3.63, 3.8) is 0 Å². The molecule has 34 heavy (non-hydrogen) atoms. The molecule has 7 heteroatoms. The molecule has 0 saturated heterocycles. The van der Waals surface area contributed by atoms with E-state index in [1.54, 1.807) is 6.92 Å². The van der Waals surface area contributed by atoms with Crippen molar-refractivity contribution in [1.29, 1.82) is 0 Å². The van der Waals surface area contributed by atoms with Gasteiger partial charge < -0.3 is 25.0 Å². The lowest BCUT2D eigenvalue weighted by atomic mass is 9.84. The molecule has 0 radical (unpaired) electrons. The summed E-state index contributed by atoms with van der Waals surface area (Å²) in [5.74, 6) is -1.19. The molecule has 1 aromatic carbocycles. The number of ether oxygens (including phenoxy) is 1. The van der Waals surface area contributed by atoms with E-state index in [0.29, 0.717) is 23.3 Å². The van der Waals surface area contributed by atoms with Crippen LogP contribution in [0.2, 0.25) is 0 Å². The minimum atomic E-state index is -1.06. The fourth-order valence-corrected chi connectivity index (χ4v) is 4.80. The molecular formula is C27H37NO6. The van der Waals surface area contributed by atoms with Crippen molar-refractivity contribution < 1.29 is 29.6 Å². The number of carbonyl (C=O) groups excluding carboxylic acids is 1. The van der Waals surface area contributed by atoms with Crippen LogP contribution in [0.15, 0.2) is 29.4 Å². The number of hydrogen-bond acceptors (Lipinski definition) is 5. The van der Waals surface area contributed by atoms with Crippen LogP contribution in [0.5, 0.6) is 11.5 Å². The van der Waals surface area contributed by atoms with Crippen LogP contribution in [0.25, 0.3) is 0 Å². The van der Waals surface area contributed by atoms with Gasteiger partial charge in [0.2, 0.25) is 0 Å². The van der Waals surface area contributed by atoms with Gasteiger partial charge in [0.05, 0.1) is 18.2 Å². The second-order valence-electron chi connectivity index (χ2n) is 9.97. The van der Waals surface area contributed by atoms with Gasteiger partial charge in [0.15, 0.2) is 0 Å². The van der Waals surface area contributed by atoms with Crippen LogP contribution >= 0.6 is 0 Å². The molecule has 1 aromatic rings. The molecule has 0 fully saturated rings. The first kappa shape index (κ1) is 25.8.